The first-order chi connectivity index (χ1) is 6.75. The molecule has 1 aromatic rings. The molecule has 0 saturated heterocycles. The predicted octanol–water partition coefficient (Wildman–Crippen LogP) is 3.53. The molecule has 1 aromatic heterocycles. The van der Waals surface area contributed by atoms with Gasteiger partial charge in [-0.2, -0.15) is 0 Å². The second-order valence-corrected chi connectivity index (χ2v) is 4.95. The molecule has 2 nitrogen and oxygen atoms in total. The van der Waals surface area contributed by atoms with Gasteiger partial charge in [-0.15, -0.1) is 0 Å². The van der Waals surface area contributed by atoms with Crippen LogP contribution in [0.4, 0.5) is 0 Å². The van der Waals surface area contributed by atoms with Crippen molar-refractivity contribution in [3.8, 4) is 0 Å². The molecule has 0 radical (unpaired) electrons. The monoisotopic (exact) mass is 254 g/mol. The van der Waals surface area contributed by atoms with Gasteiger partial charge in [0.05, 0.1) is 0 Å². The predicted molar refractivity (Wildman–Crippen MR) is 60.1 cm³/mol. The number of rotatable bonds is 1. The van der Waals surface area contributed by atoms with E-state index in [0.29, 0.717) is 10.7 Å². The maximum atomic E-state index is 4.18. The average molecular weight is 255 g/mol. The maximum absolute atomic E-state index is 4.18. The molecule has 76 valence electrons. The van der Waals surface area contributed by atoms with Gasteiger partial charge in [-0.05, 0) is 46.2 Å². The van der Waals surface area contributed by atoms with Crippen LogP contribution in [0.1, 0.15) is 44.1 Å². The largest absolute Gasteiger partial charge is 0.230 e. The van der Waals surface area contributed by atoms with Crippen LogP contribution >= 0.6 is 15.9 Å². The second kappa shape index (κ2) is 4.39. The summed E-state index contributed by atoms with van der Waals surface area (Å²) in [6, 6.07) is 0. The summed E-state index contributed by atoms with van der Waals surface area (Å²) >= 11 is 3.26. The van der Waals surface area contributed by atoms with Gasteiger partial charge in [0.2, 0.25) is 0 Å². The molecule has 0 atom stereocenters. The molecule has 0 bridgehead atoms. The fourth-order valence-electron chi connectivity index (χ4n) is 2.13. The van der Waals surface area contributed by atoms with Gasteiger partial charge in [0, 0.05) is 12.4 Å². The maximum Gasteiger partial charge on any atom is 0.196 e. The highest BCUT2D eigenvalue weighted by Crippen LogP contribution is 2.34. The molecule has 2 rings (SSSR count). The van der Waals surface area contributed by atoms with E-state index in [2.05, 4.69) is 32.8 Å². The number of hydrogen-bond acceptors (Lipinski definition) is 2. The summed E-state index contributed by atoms with van der Waals surface area (Å²) in [5.41, 5.74) is 1.31. The zero-order valence-electron chi connectivity index (χ0n) is 8.41. The number of halogens is 1. The van der Waals surface area contributed by atoms with Gasteiger partial charge in [0.25, 0.3) is 0 Å². The lowest BCUT2D eigenvalue weighted by Crippen LogP contribution is -2.11. The number of nitrogens with zero attached hydrogens (tertiary/aromatic N) is 2. The van der Waals surface area contributed by atoms with Crippen molar-refractivity contribution in [2.75, 3.05) is 0 Å². The Balaban J connectivity index is 2.05. The molecular formula is C11H15BrN2. The lowest BCUT2D eigenvalue weighted by Gasteiger charge is -2.25. The molecule has 1 saturated carbocycles. The Hall–Kier alpha value is -0.440. The summed E-state index contributed by atoms with van der Waals surface area (Å²) in [5.74, 6) is 1.60. The van der Waals surface area contributed by atoms with E-state index in [0.717, 1.165) is 5.92 Å². The first-order valence-corrected chi connectivity index (χ1v) is 6.02. The molecule has 0 aliphatic heterocycles. The Bertz CT molecular complexity index is 289. The molecule has 0 N–H and O–H groups in total. The fraction of sp³-hybridized carbons (Fsp3) is 0.636. The summed E-state index contributed by atoms with van der Waals surface area (Å²) in [6.45, 7) is 2.34. The summed E-state index contributed by atoms with van der Waals surface area (Å²) < 4.78 is 0.686. The van der Waals surface area contributed by atoms with Crippen molar-refractivity contribution in [2.24, 2.45) is 5.92 Å². The van der Waals surface area contributed by atoms with Crippen LogP contribution in [0.2, 0.25) is 0 Å². The number of aromatic nitrogens is 2. The van der Waals surface area contributed by atoms with Crippen molar-refractivity contribution in [1.29, 1.82) is 0 Å². The summed E-state index contributed by atoms with van der Waals surface area (Å²) in [5, 5.41) is 0. The van der Waals surface area contributed by atoms with E-state index in [1.54, 1.807) is 0 Å². The van der Waals surface area contributed by atoms with E-state index in [1.165, 1.54) is 31.2 Å². The molecule has 1 heterocycles. The summed E-state index contributed by atoms with van der Waals surface area (Å²) in [4.78, 5) is 8.36. The van der Waals surface area contributed by atoms with E-state index < -0.39 is 0 Å². The van der Waals surface area contributed by atoms with Gasteiger partial charge >= 0.3 is 0 Å². The summed E-state index contributed by atoms with van der Waals surface area (Å²) in [6.07, 6.45) is 9.20. The van der Waals surface area contributed by atoms with Gasteiger partial charge in [-0.25, -0.2) is 9.97 Å². The molecule has 0 spiro atoms. The highest BCUT2D eigenvalue weighted by Gasteiger charge is 2.19. The molecule has 0 amide bonds. The molecule has 1 aliphatic rings. The van der Waals surface area contributed by atoms with Crippen molar-refractivity contribution in [3.63, 3.8) is 0 Å². The van der Waals surface area contributed by atoms with Crippen LogP contribution in [-0.2, 0) is 0 Å². The van der Waals surface area contributed by atoms with E-state index in [1.807, 2.05) is 12.4 Å². The number of hydrogen-bond donors (Lipinski definition) is 0. The Kier molecular flexibility index (Phi) is 3.16. The Morgan fingerprint density at radius 1 is 1.14 bits per heavy atom. The van der Waals surface area contributed by atoms with Gasteiger partial charge in [-0.1, -0.05) is 19.8 Å². The zero-order valence-corrected chi connectivity index (χ0v) is 10.00. The quantitative estimate of drug-likeness (QED) is 0.717. The van der Waals surface area contributed by atoms with Gasteiger partial charge < -0.3 is 0 Å². The highest BCUT2D eigenvalue weighted by atomic mass is 79.9. The van der Waals surface area contributed by atoms with Crippen LogP contribution in [0.15, 0.2) is 17.1 Å². The molecule has 3 heteroatoms. The third kappa shape index (κ3) is 2.32. The summed E-state index contributed by atoms with van der Waals surface area (Å²) in [7, 11) is 0. The molecule has 0 unspecified atom stereocenters. The van der Waals surface area contributed by atoms with Crippen molar-refractivity contribution in [3.05, 3.63) is 22.7 Å². The first kappa shape index (κ1) is 10.1. The van der Waals surface area contributed by atoms with Crippen LogP contribution in [0.25, 0.3) is 0 Å². The van der Waals surface area contributed by atoms with E-state index >= 15 is 0 Å². The smallest absolute Gasteiger partial charge is 0.196 e. The standard InChI is InChI=1S/C11H15BrN2/c1-8-2-4-9(5-3-8)10-6-13-11(12)14-7-10/h6-9H,2-5H2,1H3. The first-order valence-electron chi connectivity index (χ1n) is 5.23. The van der Waals surface area contributed by atoms with Crippen molar-refractivity contribution in [1.82, 2.24) is 9.97 Å². The Morgan fingerprint density at radius 2 is 1.71 bits per heavy atom. The normalized spacial score (nSPS) is 27.6. The van der Waals surface area contributed by atoms with Crippen LogP contribution in [-0.4, -0.2) is 9.97 Å². The van der Waals surface area contributed by atoms with Crippen LogP contribution < -0.4 is 0 Å². The zero-order chi connectivity index (χ0) is 9.97. The van der Waals surface area contributed by atoms with Crippen LogP contribution in [0, 0.1) is 5.92 Å². The molecule has 1 fully saturated rings. The van der Waals surface area contributed by atoms with Crippen molar-refractivity contribution < 1.29 is 0 Å². The lowest BCUT2D eigenvalue weighted by atomic mass is 9.80. The van der Waals surface area contributed by atoms with E-state index in [-0.39, 0.29) is 0 Å². The van der Waals surface area contributed by atoms with Crippen molar-refractivity contribution >= 4 is 15.9 Å². The average Bonchev–Trinajstić information content (AvgIpc) is 2.21. The van der Waals surface area contributed by atoms with Gasteiger partial charge in [-0.3, -0.25) is 0 Å². The molecule has 1 aliphatic carbocycles. The minimum absolute atomic E-state index is 0.686. The van der Waals surface area contributed by atoms with E-state index in [4.69, 9.17) is 0 Å². The topological polar surface area (TPSA) is 25.8 Å². The molecule has 0 aromatic carbocycles. The third-order valence-corrected chi connectivity index (χ3v) is 3.54. The van der Waals surface area contributed by atoms with Gasteiger partial charge in [0.15, 0.2) is 4.73 Å². The highest BCUT2D eigenvalue weighted by molar-refractivity contribution is 9.10. The van der Waals surface area contributed by atoms with Crippen LogP contribution in [0.3, 0.4) is 0 Å². The van der Waals surface area contributed by atoms with Crippen LogP contribution in [0.5, 0.6) is 0 Å². The van der Waals surface area contributed by atoms with Gasteiger partial charge in [0.1, 0.15) is 0 Å². The minimum atomic E-state index is 0.686. The Labute approximate surface area is 93.3 Å². The SMILES string of the molecule is CC1CCC(c2cnc(Br)nc2)CC1. The molecular weight excluding hydrogens is 240 g/mol. The van der Waals surface area contributed by atoms with Crippen molar-refractivity contribution in [2.45, 2.75) is 38.5 Å². The Morgan fingerprint density at radius 3 is 2.29 bits per heavy atom. The third-order valence-electron chi connectivity index (χ3n) is 3.13. The fourth-order valence-corrected chi connectivity index (χ4v) is 2.33. The molecule has 14 heavy (non-hydrogen) atoms. The lowest BCUT2D eigenvalue weighted by molar-refractivity contribution is 0.347. The van der Waals surface area contributed by atoms with E-state index in [9.17, 15) is 0 Å². The minimum Gasteiger partial charge on any atom is -0.230 e. The second-order valence-electron chi connectivity index (χ2n) is 4.24.